The van der Waals surface area contributed by atoms with E-state index in [1.54, 1.807) is 26.0 Å². The van der Waals surface area contributed by atoms with Gasteiger partial charge in [-0.3, -0.25) is 9.52 Å². The van der Waals surface area contributed by atoms with Crippen molar-refractivity contribution in [2.24, 2.45) is 0 Å². The van der Waals surface area contributed by atoms with Gasteiger partial charge in [-0.15, -0.1) is 0 Å². The van der Waals surface area contributed by atoms with Gasteiger partial charge in [0, 0.05) is 51.0 Å². The van der Waals surface area contributed by atoms with Crippen molar-refractivity contribution in [3.8, 4) is 0 Å². The molecule has 1 heterocycles. The van der Waals surface area contributed by atoms with Crippen molar-refractivity contribution < 1.29 is 13.2 Å². The lowest BCUT2D eigenvalue weighted by Crippen LogP contribution is -2.48. The summed E-state index contributed by atoms with van der Waals surface area (Å²) in [6, 6.07) is 7.24. The number of anilines is 2. The van der Waals surface area contributed by atoms with Crippen molar-refractivity contribution in [2.45, 2.75) is 13.8 Å². The van der Waals surface area contributed by atoms with Crippen LogP contribution in [-0.4, -0.2) is 51.9 Å². The number of piperazine rings is 1. The third-order valence-electron chi connectivity index (χ3n) is 3.54. The molecule has 0 atom stereocenters. The minimum atomic E-state index is -3.50. The molecule has 0 aromatic heterocycles. The van der Waals surface area contributed by atoms with Gasteiger partial charge in [-0.2, -0.15) is 13.1 Å². The Hall–Kier alpha value is -1.80. The standard InChI is InChI=1S/C14H22N4O3S/c1-3-15-22(20,21)16-13-4-6-14(7-5-13)18-10-8-17(9-11-18)12(2)19/h4-7,15-16H,3,8-11H2,1-2H3. The minimum Gasteiger partial charge on any atom is -0.368 e. The number of benzene rings is 1. The summed E-state index contributed by atoms with van der Waals surface area (Å²) in [7, 11) is -3.50. The zero-order valence-corrected chi connectivity index (χ0v) is 13.7. The maximum Gasteiger partial charge on any atom is 0.299 e. The van der Waals surface area contributed by atoms with Gasteiger partial charge in [-0.1, -0.05) is 6.92 Å². The first-order chi connectivity index (χ1) is 10.4. The number of amides is 1. The minimum absolute atomic E-state index is 0.104. The van der Waals surface area contributed by atoms with E-state index in [1.165, 1.54) is 0 Å². The van der Waals surface area contributed by atoms with Crippen LogP contribution in [0.2, 0.25) is 0 Å². The Bertz CT molecular complexity index is 607. The van der Waals surface area contributed by atoms with E-state index in [-0.39, 0.29) is 5.91 Å². The van der Waals surface area contributed by atoms with Crippen molar-refractivity contribution >= 4 is 27.5 Å². The highest BCUT2D eigenvalue weighted by molar-refractivity contribution is 7.90. The molecule has 22 heavy (non-hydrogen) atoms. The predicted molar refractivity (Wildman–Crippen MR) is 87.1 cm³/mol. The predicted octanol–water partition coefficient (Wildman–Crippen LogP) is 0.621. The lowest BCUT2D eigenvalue weighted by atomic mass is 10.2. The third-order valence-corrected chi connectivity index (χ3v) is 4.72. The van der Waals surface area contributed by atoms with Crippen LogP contribution in [0, 0.1) is 0 Å². The molecule has 2 N–H and O–H groups in total. The van der Waals surface area contributed by atoms with E-state index < -0.39 is 10.2 Å². The van der Waals surface area contributed by atoms with E-state index in [0.29, 0.717) is 25.3 Å². The summed E-state index contributed by atoms with van der Waals surface area (Å²) < 4.78 is 28.1. The number of hydrogen-bond acceptors (Lipinski definition) is 4. The second-order valence-corrected chi connectivity index (χ2v) is 6.64. The largest absolute Gasteiger partial charge is 0.368 e. The summed E-state index contributed by atoms with van der Waals surface area (Å²) in [6.07, 6.45) is 0. The van der Waals surface area contributed by atoms with Gasteiger partial charge in [-0.25, -0.2) is 0 Å². The summed E-state index contributed by atoms with van der Waals surface area (Å²) in [5.74, 6) is 0.104. The van der Waals surface area contributed by atoms with E-state index in [1.807, 2.05) is 17.0 Å². The van der Waals surface area contributed by atoms with Gasteiger partial charge in [0.1, 0.15) is 0 Å². The van der Waals surface area contributed by atoms with Crippen LogP contribution in [0.1, 0.15) is 13.8 Å². The van der Waals surface area contributed by atoms with Gasteiger partial charge < -0.3 is 9.80 Å². The van der Waals surface area contributed by atoms with E-state index in [9.17, 15) is 13.2 Å². The SMILES string of the molecule is CCNS(=O)(=O)Nc1ccc(N2CCN(C(C)=O)CC2)cc1. The Morgan fingerprint density at radius 2 is 1.73 bits per heavy atom. The van der Waals surface area contributed by atoms with Crippen molar-refractivity contribution in [1.29, 1.82) is 0 Å². The van der Waals surface area contributed by atoms with Gasteiger partial charge in [0.25, 0.3) is 10.2 Å². The molecule has 0 radical (unpaired) electrons. The Labute approximate surface area is 131 Å². The molecule has 1 amide bonds. The molecular formula is C14H22N4O3S. The average molecular weight is 326 g/mol. The molecule has 0 bridgehead atoms. The summed E-state index contributed by atoms with van der Waals surface area (Å²) >= 11 is 0. The van der Waals surface area contributed by atoms with Crippen molar-refractivity contribution in [3.63, 3.8) is 0 Å². The quantitative estimate of drug-likeness (QED) is 0.831. The molecule has 0 spiro atoms. The summed E-state index contributed by atoms with van der Waals surface area (Å²) in [5.41, 5.74) is 1.54. The van der Waals surface area contributed by atoms with E-state index in [0.717, 1.165) is 18.8 Å². The first-order valence-corrected chi connectivity index (χ1v) is 8.77. The van der Waals surface area contributed by atoms with Crippen LogP contribution in [0.3, 0.4) is 0 Å². The van der Waals surface area contributed by atoms with E-state index in [4.69, 9.17) is 0 Å². The molecule has 8 heteroatoms. The van der Waals surface area contributed by atoms with Crippen LogP contribution in [0.4, 0.5) is 11.4 Å². The second kappa shape index (κ2) is 6.97. The van der Waals surface area contributed by atoms with Crippen LogP contribution >= 0.6 is 0 Å². The van der Waals surface area contributed by atoms with Gasteiger partial charge >= 0.3 is 0 Å². The molecular weight excluding hydrogens is 304 g/mol. The molecule has 0 aliphatic carbocycles. The maximum atomic E-state index is 11.6. The number of nitrogens with zero attached hydrogens (tertiary/aromatic N) is 2. The molecule has 1 aliphatic heterocycles. The Morgan fingerprint density at radius 3 is 2.23 bits per heavy atom. The number of hydrogen-bond donors (Lipinski definition) is 2. The summed E-state index contributed by atoms with van der Waals surface area (Å²) in [5, 5.41) is 0. The lowest BCUT2D eigenvalue weighted by molar-refractivity contribution is -0.129. The van der Waals surface area contributed by atoms with Gasteiger partial charge in [0.05, 0.1) is 0 Å². The fraction of sp³-hybridized carbons (Fsp3) is 0.500. The number of rotatable bonds is 5. The van der Waals surface area contributed by atoms with Gasteiger partial charge in [0.2, 0.25) is 5.91 Å². The van der Waals surface area contributed by atoms with Crippen molar-refractivity contribution in [2.75, 3.05) is 42.3 Å². The molecule has 2 rings (SSSR count). The third kappa shape index (κ3) is 4.35. The van der Waals surface area contributed by atoms with Gasteiger partial charge in [-0.05, 0) is 24.3 Å². The van der Waals surface area contributed by atoms with Gasteiger partial charge in [0.15, 0.2) is 0 Å². The normalized spacial score (nSPS) is 15.7. The second-order valence-electron chi connectivity index (χ2n) is 5.14. The van der Waals surface area contributed by atoms with Crippen LogP contribution in [0.25, 0.3) is 0 Å². The topological polar surface area (TPSA) is 81.8 Å². The molecule has 7 nitrogen and oxygen atoms in total. The highest BCUT2D eigenvalue weighted by Crippen LogP contribution is 2.20. The molecule has 1 aromatic carbocycles. The summed E-state index contributed by atoms with van der Waals surface area (Å²) in [4.78, 5) is 15.3. The van der Waals surface area contributed by atoms with E-state index >= 15 is 0 Å². The first kappa shape index (κ1) is 16.6. The number of carbonyl (C=O) groups is 1. The Balaban J connectivity index is 1.97. The smallest absolute Gasteiger partial charge is 0.299 e. The zero-order chi connectivity index (χ0) is 16.2. The van der Waals surface area contributed by atoms with Crippen molar-refractivity contribution in [1.82, 2.24) is 9.62 Å². The molecule has 1 aromatic rings. The maximum absolute atomic E-state index is 11.6. The first-order valence-electron chi connectivity index (χ1n) is 7.29. The van der Waals surface area contributed by atoms with Crippen LogP contribution in [0.15, 0.2) is 24.3 Å². The van der Waals surface area contributed by atoms with Crippen molar-refractivity contribution in [3.05, 3.63) is 24.3 Å². The van der Waals surface area contributed by atoms with E-state index in [2.05, 4.69) is 14.3 Å². The molecule has 1 fully saturated rings. The highest BCUT2D eigenvalue weighted by Gasteiger charge is 2.18. The lowest BCUT2D eigenvalue weighted by Gasteiger charge is -2.35. The highest BCUT2D eigenvalue weighted by atomic mass is 32.2. The summed E-state index contributed by atoms with van der Waals surface area (Å²) in [6.45, 7) is 6.64. The Kier molecular flexibility index (Phi) is 5.25. The monoisotopic (exact) mass is 326 g/mol. The molecule has 0 unspecified atom stereocenters. The molecule has 1 aliphatic rings. The fourth-order valence-electron chi connectivity index (χ4n) is 2.40. The van der Waals surface area contributed by atoms with Crippen LogP contribution in [0.5, 0.6) is 0 Å². The number of carbonyl (C=O) groups excluding carboxylic acids is 1. The molecule has 122 valence electrons. The zero-order valence-electron chi connectivity index (χ0n) is 12.9. The number of nitrogens with one attached hydrogen (secondary N) is 2. The fourth-order valence-corrected chi connectivity index (χ4v) is 3.30. The molecule has 0 saturated carbocycles. The molecule has 1 saturated heterocycles. The average Bonchev–Trinajstić information content (AvgIpc) is 2.47. The Morgan fingerprint density at radius 1 is 1.14 bits per heavy atom. The van der Waals surface area contributed by atoms with Crippen LogP contribution in [-0.2, 0) is 15.0 Å². The van der Waals surface area contributed by atoms with Crippen LogP contribution < -0.4 is 14.3 Å².